The molecule has 1 saturated heterocycles. The molecule has 0 spiro atoms. The van der Waals surface area contributed by atoms with E-state index < -0.39 is 0 Å². The van der Waals surface area contributed by atoms with Crippen molar-refractivity contribution in [2.45, 2.75) is 25.3 Å². The minimum absolute atomic E-state index is 0.00601. The molecule has 162 valence electrons. The molecule has 1 aromatic carbocycles. The number of thiophene rings is 1. The number of likely N-dealkylation sites (N-methyl/N-ethyl adjacent to an activating group) is 1. The van der Waals surface area contributed by atoms with E-state index in [1.807, 2.05) is 6.07 Å². The number of guanidine groups is 1. The van der Waals surface area contributed by atoms with Crippen LogP contribution in [-0.4, -0.2) is 68.5 Å². The topological polar surface area (TPSA) is 60.0 Å². The number of nitrogens with one attached hydrogen (secondary N) is 2. The molecule has 0 saturated carbocycles. The maximum Gasteiger partial charge on any atom is 0.243 e. The van der Waals surface area contributed by atoms with E-state index in [0.717, 1.165) is 32.6 Å². The van der Waals surface area contributed by atoms with Gasteiger partial charge >= 0.3 is 0 Å². The summed E-state index contributed by atoms with van der Waals surface area (Å²) in [5.74, 6) is 0.690. The SMILES string of the molecule is CN(C)C(=O)CN=C(NCCc1ccccc1)NCC(c1cccs1)N1CCCC1. The van der Waals surface area contributed by atoms with Gasteiger partial charge in [0.25, 0.3) is 0 Å². The van der Waals surface area contributed by atoms with Crippen LogP contribution in [0.2, 0.25) is 0 Å². The molecule has 6 nitrogen and oxygen atoms in total. The van der Waals surface area contributed by atoms with Crippen molar-refractivity contribution in [1.82, 2.24) is 20.4 Å². The number of carbonyl (C=O) groups excluding carboxylic acids is 1. The third kappa shape index (κ3) is 6.85. The average Bonchev–Trinajstić information content (AvgIpc) is 3.47. The number of hydrogen-bond acceptors (Lipinski definition) is 4. The largest absolute Gasteiger partial charge is 0.356 e. The number of amides is 1. The summed E-state index contributed by atoms with van der Waals surface area (Å²) in [5.41, 5.74) is 1.28. The van der Waals surface area contributed by atoms with Crippen LogP contribution in [0.15, 0.2) is 52.8 Å². The first-order valence-corrected chi connectivity index (χ1v) is 11.5. The van der Waals surface area contributed by atoms with Crippen molar-refractivity contribution < 1.29 is 4.79 Å². The lowest BCUT2D eigenvalue weighted by Gasteiger charge is -2.27. The van der Waals surface area contributed by atoms with E-state index in [1.165, 1.54) is 23.3 Å². The van der Waals surface area contributed by atoms with Gasteiger partial charge in [0, 0.05) is 32.1 Å². The number of aliphatic imine (C=N–C) groups is 1. The number of likely N-dealkylation sites (tertiary alicyclic amines) is 1. The lowest BCUT2D eigenvalue weighted by molar-refractivity contribution is -0.127. The van der Waals surface area contributed by atoms with E-state index in [-0.39, 0.29) is 12.5 Å². The van der Waals surface area contributed by atoms with E-state index in [2.05, 4.69) is 62.3 Å². The predicted octanol–water partition coefficient (Wildman–Crippen LogP) is 2.75. The summed E-state index contributed by atoms with van der Waals surface area (Å²) in [6.07, 6.45) is 3.43. The second-order valence-electron chi connectivity index (χ2n) is 7.77. The van der Waals surface area contributed by atoms with Gasteiger partial charge in [-0.15, -0.1) is 11.3 Å². The van der Waals surface area contributed by atoms with E-state index in [0.29, 0.717) is 12.0 Å². The highest BCUT2D eigenvalue weighted by Gasteiger charge is 2.24. The van der Waals surface area contributed by atoms with Crippen LogP contribution in [-0.2, 0) is 11.2 Å². The monoisotopic (exact) mass is 427 g/mol. The molecule has 1 aromatic heterocycles. The third-order valence-electron chi connectivity index (χ3n) is 5.34. The number of carbonyl (C=O) groups is 1. The summed E-state index contributed by atoms with van der Waals surface area (Å²) >= 11 is 1.80. The molecule has 30 heavy (non-hydrogen) atoms. The molecule has 0 radical (unpaired) electrons. The Hall–Kier alpha value is -2.38. The normalized spacial score (nSPS) is 15.7. The fourth-order valence-corrected chi connectivity index (χ4v) is 4.43. The Morgan fingerprint density at radius 2 is 1.90 bits per heavy atom. The summed E-state index contributed by atoms with van der Waals surface area (Å²) in [7, 11) is 3.52. The first kappa shape index (κ1) is 22.3. The molecule has 2 N–H and O–H groups in total. The highest BCUT2D eigenvalue weighted by molar-refractivity contribution is 7.10. The molecule has 3 rings (SSSR count). The lowest BCUT2D eigenvalue weighted by Crippen LogP contribution is -2.43. The Labute approximate surface area is 184 Å². The second-order valence-corrected chi connectivity index (χ2v) is 8.75. The highest BCUT2D eigenvalue weighted by atomic mass is 32.1. The second kappa shape index (κ2) is 11.7. The van der Waals surface area contributed by atoms with Crippen LogP contribution in [0.3, 0.4) is 0 Å². The first-order chi connectivity index (χ1) is 14.6. The van der Waals surface area contributed by atoms with Crippen LogP contribution in [0.5, 0.6) is 0 Å². The lowest BCUT2D eigenvalue weighted by atomic mass is 10.1. The third-order valence-corrected chi connectivity index (χ3v) is 6.31. The molecule has 1 aliphatic rings. The number of benzene rings is 1. The van der Waals surface area contributed by atoms with Gasteiger partial charge in [0.15, 0.2) is 5.96 Å². The van der Waals surface area contributed by atoms with Gasteiger partial charge in [-0.3, -0.25) is 9.69 Å². The molecule has 1 unspecified atom stereocenters. The summed E-state index contributed by atoms with van der Waals surface area (Å²) in [6.45, 7) is 3.95. The molecule has 0 bridgehead atoms. The van der Waals surface area contributed by atoms with E-state index >= 15 is 0 Å². The maximum atomic E-state index is 12.0. The Morgan fingerprint density at radius 3 is 2.57 bits per heavy atom. The van der Waals surface area contributed by atoms with Crippen molar-refractivity contribution in [3.05, 3.63) is 58.3 Å². The fourth-order valence-electron chi connectivity index (χ4n) is 3.57. The van der Waals surface area contributed by atoms with Crippen LogP contribution in [0.25, 0.3) is 0 Å². The molecule has 0 aliphatic carbocycles. The van der Waals surface area contributed by atoms with Crippen molar-refractivity contribution in [3.63, 3.8) is 0 Å². The maximum absolute atomic E-state index is 12.0. The Morgan fingerprint density at radius 1 is 1.13 bits per heavy atom. The summed E-state index contributed by atoms with van der Waals surface area (Å²) in [5, 5.41) is 9.05. The Bertz CT molecular complexity index is 785. The van der Waals surface area contributed by atoms with Crippen LogP contribution in [0.1, 0.15) is 29.3 Å². The van der Waals surface area contributed by atoms with Gasteiger partial charge in [-0.1, -0.05) is 36.4 Å². The summed E-state index contributed by atoms with van der Waals surface area (Å²) < 4.78 is 0. The van der Waals surface area contributed by atoms with Gasteiger partial charge in [0.2, 0.25) is 5.91 Å². The zero-order chi connectivity index (χ0) is 21.2. The highest BCUT2D eigenvalue weighted by Crippen LogP contribution is 2.27. The van der Waals surface area contributed by atoms with Gasteiger partial charge < -0.3 is 15.5 Å². The quantitative estimate of drug-likeness (QED) is 0.477. The smallest absolute Gasteiger partial charge is 0.243 e. The van der Waals surface area contributed by atoms with Crippen molar-refractivity contribution >= 4 is 23.2 Å². The number of hydrogen-bond donors (Lipinski definition) is 2. The predicted molar refractivity (Wildman–Crippen MR) is 125 cm³/mol. The van der Waals surface area contributed by atoms with Crippen molar-refractivity contribution in [3.8, 4) is 0 Å². The summed E-state index contributed by atoms with van der Waals surface area (Å²) in [6, 6.07) is 15.1. The van der Waals surface area contributed by atoms with E-state index in [9.17, 15) is 4.79 Å². The number of nitrogens with zero attached hydrogens (tertiary/aromatic N) is 3. The van der Waals surface area contributed by atoms with Crippen molar-refractivity contribution in [2.24, 2.45) is 4.99 Å². The van der Waals surface area contributed by atoms with Gasteiger partial charge in [0.05, 0.1) is 6.04 Å². The standard InChI is InChI=1S/C23H33N5OS/c1-27(2)22(29)18-26-23(24-13-12-19-9-4-3-5-10-19)25-17-20(21-11-8-16-30-21)28-14-6-7-15-28/h3-5,8-11,16,20H,6-7,12-15,17-18H2,1-2H3,(H2,24,25,26). The van der Waals surface area contributed by atoms with E-state index in [1.54, 1.807) is 30.3 Å². The Balaban J connectivity index is 1.62. The fraction of sp³-hybridized carbons (Fsp3) is 0.478. The zero-order valence-corrected chi connectivity index (χ0v) is 18.8. The Kier molecular flexibility index (Phi) is 8.71. The molecule has 1 aliphatic heterocycles. The molecule has 1 fully saturated rings. The molecular formula is C23H33N5OS. The molecular weight excluding hydrogens is 394 g/mol. The van der Waals surface area contributed by atoms with Crippen molar-refractivity contribution in [2.75, 3.05) is 46.8 Å². The molecule has 7 heteroatoms. The minimum Gasteiger partial charge on any atom is -0.356 e. The van der Waals surface area contributed by atoms with Gasteiger partial charge in [-0.25, -0.2) is 4.99 Å². The first-order valence-electron chi connectivity index (χ1n) is 10.7. The zero-order valence-electron chi connectivity index (χ0n) is 18.0. The molecule has 2 heterocycles. The molecule has 2 aromatic rings. The van der Waals surface area contributed by atoms with E-state index in [4.69, 9.17) is 0 Å². The minimum atomic E-state index is -0.00601. The van der Waals surface area contributed by atoms with Gasteiger partial charge in [-0.05, 0) is 49.4 Å². The molecule has 1 amide bonds. The van der Waals surface area contributed by atoms with Crippen LogP contribution < -0.4 is 10.6 Å². The van der Waals surface area contributed by atoms with Crippen LogP contribution in [0.4, 0.5) is 0 Å². The van der Waals surface area contributed by atoms with Crippen molar-refractivity contribution in [1.29, 1.82) is 0 Å². The molecule has 1 atom stereocenters. The number of rotatable bonds is 9. The summed E-state index contributed by atoms with van der Waals surface area (Å²) in [4.78, 5) is 22.1. The van der Waals surface area contributed by atoms with Crippen LogP contribution >= 0.6 is 11.3 Å². The van der Waals surface area contributed by atoms with Crippen LogP contribution in [0, 0.1) is 0 Å². The average molecular weight is 428 g/mol. The van der Waals surface area contributed by atoms with Gasteiger partial charge in [0.1, 0.15) is 6.54 Å². The van der Waals surface area contributed by atoms with Gasteiger partial charge in [-0.2, -0.15) is 0 Å².